The molecule has 0 aromatic heterocycles. The third-order valence-electron chi connectivity index (χ3n) is 3.52. The Bertz CT molecular complexity index is 626. The lowest BCUT2D eigenvalue weighted by atomic mass is 10.1. The van der Waals surface area contributed by atoms with Crippen molar-refractivity contribution in [3.63, 3.8) is 0 Å². The Labute approximate surface area is 138 Å². The Balaban J connectivity index is 1.98. The van der Waals surface area contributed by atoms with Gasteiger partial charge in [-0.3, -0.25) is 0 Å². The third kappa shape index (κ3) is 4.98. The Kier molecular flexibility index (Phi) is 6.44. The second-order valence-electron chi connectivity index (χ2n) is 5.68. The molecule has 0 fully saturated rings. The van der Waals surface area contributed by atoms with Crippen molar-refractivity contribution in [1.29, 1.82) is 0 Å². The highest BCUT2D eigenvalue weighted by Gasteiger charge is 2.07. The van der Waals surface area contributed by atoms with Crippen molar-refractivity contribution >= 4 is 0 Å². The predicted molar refractivity (Wildman–Crippen MR) is 91.7 cm³/mol. The lowest BCUT2D eigenvalue weighted by Crippen LogP contribution is -2.14. The summed E-state index contributed by atoms with van der Waals surface area (Å²) in [5.74, 6) is 1.51. The van der Waals surface area contributed by atoms with Gasteiger partial charge < -0.3 is 19.9 Å². The minimum atomic E-state index is 0.0624. The number of hydrogen-bond acceptors (Lipinski definition) is 4. The number of benzene rings is 2. The number of aliphatic hydroxyl groups excluding tert-OH is 1. The van der Waals surface area contributed by atoms with Crippen molar-refractivity contribution < 1.29 is 14.6 Å². The van der Waals surface area contributed by atoms with Crippen LogP contribution in [0.4, 0.5) is 0 Å². The van der Waals surface area contributed by atoms with Crippen LogP contribution in [0.5, 0.6) is 11.5 Å². The molecule has 4 nitrogen and oxygen atoms in total. The molecule has 0 aliphatic carbocycles. The van der Waals surface area contributed by atoms with Gasteiger partial charge in [0.15, 0.2) is 11.5 Å². The number of rotatable bonds is 8. The first-order chi connectivity index (χ1) is 11.1. The predicted octanol–water partition coefficient (Wildman–Crippen LogP) is 3.26. The molecule has 0 aliphatic rings. The van der Waals surface area contributed by atoms with Crippen LogP contribution >= 0.6 is 0 Å². The van der Waals surface area contributed by atoms with Gasteiger partial charge in [-0.1, -0.05) is 30.3 Å². The minimum absolute atomic E-state index is 0.0624. The molecule has 124 valence electrons. The second kappa shape index (κ2) is 8.56. The zero-order valence-corrected chi connectivity index (χ0v) is 14.0. The largest absolute Gasteiger partial charge is 0.493 e. The van der Waals surface area contributed by atoms with Crippen LogP contribution in [0.25, 0.3) is 0 Å². The third-order valence-corrected chi connectivity index (χ3v) is 3.52. The number of methoxy groups -OCH3 is 1. The second-order valence-corrected chi connectivity index (χ2v) is 5.68. The summed E-state index contributed by atoms with van der Waals surface area (Å²) in [5.41, 5.74) is 3.19. The zero-order valence-electron chi connectivity index (χ0n) is 14.0. The molecule has 0 saturated heterocycles. The van der Waals surface area contributed by atoms with E-state index >= 15 is 0 Å². The first kappa shape index (κ1) is 17.3. The molecule has 4 heteroatoms. The van der Waals surface area contributed by atoms with Gasteiger partial charge in [0.25, 0.3) is 0 Å². The van der Waals surface area contributed by atoms with E-state index in [0.29, 0.717) is 6.54 Å². The molecule has 0 aliphatic heterocycles. The van der Waals surface area contributed by atoms with Gasteiger partial charge in [0.2, 0.25) is 0 Å². The summed E-state index contributed by atoms with van der Waals surface area (Å²) >= 11 is 0. The summed E-state index contributed by atoms with van der Waals surface area (Å²) < 4.78 is 11.1. The average molecular weight is 315 g/mol. The molecular weight excluding hydrogens is 290 g/mol. The average Bonchev–Trinajstić information content (AvgIpc) is 2.56. The fourth-order valence-electron chi connectivity index (χ4n) is 2.40. The summed E-state index contributed by atoms with van der Waals surface area (Å²) in [6.45, 7) is 5.48. The molecule has 2 rings (SSSR count). The highest BCUT2D eigenvalue weighted by molar-refractivity contribution is 5.43. The number of hydrogen-bond donors (Lipinski definition) is 2. The molecule has 0 heterocycles. The Morgan fingerprint density at radius 2 is 1.74 bits per heavy atom. The summed E-state index contributed by atoms with van der Waals surface area (Å²) in [5, 5.41) is 12.7. The van der Waals surface area contributed by atoms with Crippen LogP contribution < -0.4 is 14.8 Å². The standard InChI is InChI=1S/C19H25NO3/c1-14(2)23-18-9-8-15(10-19(18)22-3)11-20-12-16-6-4-5-7-17(16)13-21/h4-10,14,20-21H,11-13H2,1-3H3. The van der Waals surface area contributed by atoms with Gasteiger partial charge >= 0.3 is 0 Å². The molecule has 0 radical (unpaired) electrons. The summed E-state index contributed by atoms with van der Waals surface area (Å²) in [6.07, 6.45) is 0.114. The summed E-state index contributed by atoms with van der Waals surface area (Å²) in [7, 11) is 1.65. The molecule has 23 heavy (non-hydrogen) atoms. The van der Waals surface area contributed by atoms with E-state index in [2.05, 4.69) is 5.32 Å². The number of aliphatic hydroxyl groups is 1. The number of ether oxygens (including phenoxy) is 2. The first-order valence-corrected chi connectivity index (χ1v) is 7.86. The molecule has 0 amide bonds. The van der Waals surface area contributed by atoms with Crippen LogP contribution in [-0.4, -0.2) is 18.3 Å². The molecule has 2 aromatic carbocycles. The van der Waals surface area contributed by atoms with E-state index in [4.69, 9.17) is 9.47 Å². The highest BCUT2D eigenvalue weighted by atomic mass is 16.5. The van der Waals surface area contributed by atoms with Crippen molar-refractivity contribution in [3.05, 3.63) is 59.2 Å². The fourth-order valence-corrected chi connectivity index (χ4v) is 2.40. The van der Waals surface area contributed by atoms with Crippen LogP contribution in [0, 0.1) is 0 Å². The molecule has 0 saturated carbocycles. The van der Waals surface area contributed by atoms with Crippen molar-refractivity contribution in [2.45, 2.75) is 39.6 Å². The monoisotopic (exact) mass is 315 g/mol. The Morgan fingerprint density at radius 1 is 1.00 bits per heavy atom. The normalized spacial score (nSPS) is 10.8. The summed E-state index contributed by atoms with van der Waals surface area (Å²) in [6, 6.07) is 13.9. The van der Waals surface area contributed by atoms with Crippen LogP contribution in [0.15, 0.2) is 42.5 Å². The van der Waals surface area contributed by atoms with Gasteiger partial charge in [-0.05, 0) is 42.7 Å². The van der Waals surface area contributed by atoms with Gasteiger partial charge in [-0.2, -0.15) is 0 Å². The van der Waals surface area contributed by atoms with E-state index < -0.39 is 0 Å². The van der Waals surface area contributed by atoms with E-state index in [1.807, 2.05) is 56.3 Å². The van der Waals surface area contributed by atoms with Crippen molar-refractivity contribution in [2.24, 2.45) is 0 Å². The lowest BCUT2D eigenvalue weighted by molar-refractivity contribution is 0.230. The van der Waals surface area contributed by atoms with Gasteiger partial charge in [-0.15, -0.1) is 0 Å². The topological polar surface area (TPSA) is 50.7 Å². The molecule has 0 atom stereocenters. The quantitative estimate of drug-likeness (QED) is 0.785. The van der Waals surface area contributed by atoms with Crippen molar-refractivity contribution in [3.8, 4) is 11.5 Å². The van der Waals surface area contributed by atoms with E-state index in [1.54, 1.807) is 7.11 Å². The van der Waals surface area contributed by atoms with E-state index in [9.17, 15) is 5.11 Å². The fraction of sp³-hybridized carbons (Fsp3) is 0.368. The van der Waals surface area contributed by atoms with Crippen LogP contribution in [0.3, 0.4) is 0 Å². The highest BCUT2D eigenvalue weighted by Crippen LogP contribution is 2.29. The van der Waals surface area contributed by atoms with Gasteiger partial charge in [-0.25, -0.2) is 0 Å². The van der Waals surface area contributed by atoms with Crippen LogP contribution in [0.1, 0.15) is 30.5 Å². The van der Waals surface area contributed by atoms with Gasteiger partial charge in [0.05, 0.1) is 19.8 Å². The Hall–Kier alpha value is -2.04. The van der Waals surface area contributed by atoms with Gasteiger partial charge in [0.1, 0.15) is 0 Å². The summed E-state index contributed by atoms with van der Waals surface area (Å²) in [4.78, 5) is 0. The number of nitrogens with one attached hydrogen (secondary N) is 1. The molecule has 0 spiro atoms. The van der Waals surface area contributed by atoms with E-state index in [0.717, 1.165) is 34.7 Å². The Morgan fingerprint density at radius 3 is 2.39 bits per heavy atom. The van der Waals surface area contributed by atoms with Gasteiger partial charge in [0, 0.05) is 13.1 Å². The van der Waals surface area contributed by atoms with E-state index in [-0.39, 0.29) is 12.7 Å². The zero-order chi connectivity index (χ0) is 16.7. The first-order valence-electron chi connectivity index (χ1n) is 7.86. The van der Waals surface area contributed by atoms with Crippen molar-refractivity contribution in [1.82, 2.24) is 5.32 Å². The minimum Gasteiger partial charge on any atom is -0.493 e. The van der Waals surface area contributed by atoms with E-state index in [1.165, 1.54) is 0 Å². The maximum absolute atomic E-state index is 9.35. The smallest absolute Gasteiger partial charge is 0.161 e. The SMILES string of the molecule is COc1cc(CNCc2ccccc2CO)ccc1OC(C)C. The molecule has 2 aromatic rings. The van der Waals surface area contributed by atoms with Crippen LogP contribution in [-0.2, 0) is 19.7 Å². The van der Waals surface area contributed by atoms with Crippen molar-refractivity contribution in [2.75, 3.05) is 7.11 Å². The maximum atomic E-state index is 9.35. The molecular formula is C19H25NO3. The maximum Gasteiger partial charge on any atom is 0.161 e. The lowest BCUT2D eigenvalue weighted by Gasteiger charge is -2.15. The molecule has 0 bridgehead atoms. The van der Waals surface area contributed by atoms with Crippen LogP contribution in [0.2, 0.25) is 0 Å². The molecule has 2 N–H and O–H groups in total. The molecule has 0 unspecified atom stereocenters.